The molecular formula is C11H17N3O4S2. The minimum atomic E-state index is -3.83. The van der Waals surface area contributed by atoms with E-state index in [4.69, 9.17) is 0 Å². The topological polar surface area (TPSA) is 105 Å². The second-order valence-electron chi connectivity index (χ2n) is 4.59. The van der Waals surface area contributed by atoms with Crippen LogP contribution in [-0.2, 0) is 19.9 Å². The number of hydrogen-bond donors (Lipinski definition) is 2. The fraction of sp³-hybridized carbons (Fsp3) is 0.545. The van der Waals surface area contributed by atoms with Gasteiger partial charge in [-0.05, 0) is 25.0 Å². The molecule has 0 radical (unpaired) electrons. The minimum absolute atomic E-state index is 0.107. The molecule has 1 fully saturated rings. The van der Waals surface area contributed by atoms with Gasteiger partial charge in [0.15, 0.2) is 14.9 Å². The van der Waals surface area contributed by atoms with E-state index in [0.717, 1.165) is 0 Å². The summed E-state index contributed by atoms with van der Waals surface area (Å²) >= 11 is 0. The van der Waals surface area contributed by atoms with Crippen LogP contribution in [0.2, 0.25) is 0 Å². The van der Waals surface area contributed by atoms with Crippen molar-refractivity contribution in [2.45, 2.75) is 23.1 Å². The molecule has 1 aliphatic rings. The molecule has 7 nitrogen and oxygen atoms in total. The molecule has 1 unspecified atom stereocenters. The predicted molar refractivity (Wildman–Crippen MR) is 75.8 cm³/mol. The maximum absolute atomic E-state index is 12.2. The van der Waals surface area contributed by atoms with Gasteiger partial charge in [0.1, 0.15) is 0 Å². The van der Waals surface area contributed by atoms with E-state index >= 15 is 0 Å². The molecule has 2 N–H and O–H groups in total. The molecule has 1 atom stereocenters. The molecule has 1 aliphatic heterocycles. The Balaban J connectivity index is 2.16. The molecule has 1 aromatic rings. The van der Waals surface area contributed by atoms with Crippen molar-refractivity contribution < 1.29 is 16.8 Å². The molecule has 112 valence electrons. The predicted octanol–water partition coefficient (Wildman–Crippen LogP) is -0.0212. The summed E-state index contributed by atoms with van der Waals surface area (Å²) in [5, 5.41) is 1.98. The van der Waals surface area contributed by atoms with Crippen LogP contribution in [0.25, 0.3) is 0 Å². The summed E-state index contributed by atoms with van der Waals surface area (Å²) in [7, 11) is -5.40. The van der Waals surface area contributed by atoms with Gasteiger partial charge in [0.05, 0.1) is 16.7 Å². The van der Waals surface area contributed by atoms with Gasteiger partial charge in [-0.25, -0.2) is 26.5 Å². The summed E-state index contributed by atoms with van der Waals surface area (Å²) < 4.78 is 50.0. The summed E-state index contributed by atoms with van der Waals surface area (Å²) in [5.41, 5.74) is 0.370. The second kappa shape index (κ2) is 5.66. The monoisotopic (exact) mass is 319 g/mol. The zero-order valence-corrected chi connectivity index (χ0v) is 12.7. The van der Waals surface area contributed by atoms with Crippen LogP contribution >= 0.6 is 0 Å². The van der Waals surface area contributed by atoms with E-state index in [1.54, 1.807) is 19.2 Å². The first-order valence-electron chi connectivity index (χ1n) is 6.21. The zero-order valence-electron chi connectivity index (χ0n) is 11.0. The van der Waals surface area contributed by atoms with E-state index in [-0.39, 0.29) is 17.3 Å². The number of anilines is 1. The Labute approximate surface area is 118 Å². The van der Waals surface area contributed by atoms with Crippen molar-refractivity contribution in [1.82, 2.24) is 9.71 Å². The number of hydrogen-bond acceptors (Lipinski definition) is 6. The maximum Gasteiger partial charge on any atom is 0.260 e. The van der Waals surface area contributed by atoms with E-state index in [1.165, 1.54) is 6.20 Å². The standard InChI is InChI=1S/C11H17N3O4S2/c1-12-10-5-2-6-13-11(10)20(17,18)14-8-9-4-3-7-19(9,15)16/h2,5-6,9,12,14H,3-4,7-8H2,1H3. The zero-order chi connectivity index (χ0) is 14.8. The highest BCUT2D eigenvalue weighted by Gasteiger charge is 2.32. The number of nitrogens with one attached hydrogen (secondary N) is 2. The van der Waals surface area contributed by atoms with Gasteiger partial charge >= 0.3 is 0 Å². The molecule has 0 amide bonds. The average molecular weight is 319 g/mol. The van der Waals surface area contributed by atoms with Gasteiger partial charge in [0, 0.05) is 19.8 Å². The van der Waals surface area contributed by atoms with Gasteiger partial charge < -0.3 is 5.32 Å². The van der Waals surface area contributed by atoms with Gasteiger partial charge in [-0.15, -0.1) is 0 Å². The molecule has 1 aromatic heterocycles. The Morgan fingerprint density at radius 2 is 2.20 bits per heavy atom. The number of nitrogens with zero attached hydrogens (tertiary/aromatic N) is 1. The van der Waals surface area contributed by atoms with E-state index in [9.17, 15) is 16.8 Å². The van der Waals surface area contributed by atoms with Crippen molar-refractivity contribution in [1.29, 1.82) is 0 Å². The van der Waals surface area contributed by atoms with Gasteiger partial charge in [0.2, 0.25) is 0 Å². The molecule has 2 heterocycles. The summed E-state index contributed by atoms with van der Waals surface area (Å²) in [5.74, 6) is 0.130. The Bertz CT molecular complexity index is 685. The number of sulfonamides is 1. The van der Waals surface area contributed by atoms with Gasteiger partial charge in [0.25, 0.3) is 10.0 Å². The Kier molecular flexibility index (Phi) is 4.31. The fourth-order valence-electron chi connectivity index (χ4n) is 2.15. The van der Waals surface area contributed by atoms with E-state index < -0.39 is 25.1 Å². The van der Waals surface area contributed by atoms with E-state index in [1.807, 2.05) is 0 Å². The number of rotatable bonds is 5. The Hall–Kier alpha value is -1.19. The SMILES string of the molecule is CNc1cccnc1S(=O)(=O)NCC1CCCS1(=O)=O. The first-order valence-corrected chi connectivity index (χ1v) is 9.41. The van der Waals surface area contributed by atoms with E-state index in [2.05, 4.69) is 15.0 Å². The fourth-order valence-corrected chi connectivity index (χ4v) is 5.24. The highest BCUT2D eigenvalue weighted by atomic mass is 32.2. The van der Waals surface area contributed by atoms with Crippen LogP contribution in [0.4, 0.5) is 5.69 Å². The highest BCUT2D eigenvalue weighted by Crippen LogP contribution is 2.21. The van der Waals surface area contributed by atoms with Crippen molar-refractivity contribution in [2.24, 2.45) is 0 Å². The molecule has 1 saturated heterocycles. The molecule has 0 saturated carbocycles. The quantitative estimate of drug-likeness (QED) is 0.790. The van der Waals surface area contributed by atoms with Crippen molar-refractivity contribution in [3.63, 3.8) is 0 Å². The van der Waals surface area contributed by atoms with Gasteiger partial charge in [-0.2, -0.15) is 0 Å². The van der Waals surface area contributed by atoms with Crippen molar-refractivity contribution in [3.05, 3.63) is 18.3 Å². The third kappa shape index (κ3) is 3.10. The molecule has 2 rings (SSSR count). The van der Waals surface area contributed by atoms with Crippen LogP contribution in [-0.4, -0.2) is 46.4 Å². The lowest BCUT2D eigenvalue weighted by Crippen LogP contribution is -2.35. The molecule has 9 heteroatoms. The lowest BCUT2D eigenvalue weighted by Gasteiger charge is -2.12. The summed E-state index contributed by atoms with van der Waals surface area (Å²) in [6.45, 7) is -0.107. The van der Waals surface area contributed by atoms with Crippen LogP contribution in [0.3, 0.4) is 0 Å². The van der Waals surface area contributed by atoms with Crippen LogP contribution in [0.1, 0.15) is 12.8 Å². The number of sulfone groups is 1. The first kappa shape index (κ1) is 15.2. The molecule has 0 bridgehead atoms. The van der Waals surface area contributed by atoms with Crippen LogP contribution < -0.4 is 10.0 Å². The highest BCUT2D eigenvalue weighted by molar-refractivity contribution is 7.92. The Morgan fingerprint density at radius 3 is 2.80 bits per heavy atom. The third-order valence-electron chi connectivity index (χ3n) is 3.26. The number of aromatic nitrogens is 1. The molecule has 0 spiro atoms. The molecule has 0 aromatic carbocycles. The van der Waals surface area contributed by atoms with Crippen molar-refractivity contribution in [3.8, 4) is 0 Å². The van der Waals surface area contributed by atoms with E-state index in [0.29, 0.717) is 18.5 Å². The normalized spacial score (nSPS) is 21.8. The first-order chi connectivity index (χ1) is 9.37. The molecule has 20 heavy (non-hydrogen) atoms. The van der Waals surface area contributed by atoms with Crippen LogP contribution in [0.5, 0.6) is 0 Å². The lowest BCUT2D eigenvalue weighted by molar-refractivity contribution is 0.568. The van der Waals surface area contributed by atoms with Crippen molar-refractivity contribution in [2.75, 3.05) is 24.7 Å². The molecule has 0 aliphatic carbocycles. The summed E-state index contributed by atoms with van der Waals surface area (Å²) in [6.07, 6.45) is 2.45. The average Bonchev–Trinajstić information content (AvgIpc) is 2.75. The smallest absolute Gasteiger partial charge is 0.260 e. The van der Waals surface area contributed by atoms with Gasteiger partial charge in [-0.1, -0.05) is 0 Å². The number of pyridine rings is 1. The van der Waals surface area contributed by atoms with Crippen molar-refractivity contribution >= 4 is 25.5 Å². The molecular weight excluding hydrogens is 302 g/mol. The van der Waals surface area contributed by atoms with Crippen LogP contribution in [0.15, 0.2) is 23.4 Å². The Morgan fingerprint density at radius 1 is 1.45 bits per heavy atom. The lowest BCUT2D eigenvalue weighted by atomic mass is 10.2. The maximum atomic E-state index is 12.2. The minimum Gasteiger partial charge on any atom is -0.386 e. The van der Waals surface area contributed by atoms with Crippen LogP contribution in [0, 0.1) is 0 Å². The third-order valence-corrected chi connectivity index (χ3v) is 6.92. The second-order valence-corrected chi connectivity index (χ2v) is 8.67. The largest absolute Gasteiger partial charge is 0.386 e. The summed E-state index contributed by atoms with van der Waals surface area (Å²) in [4.78, 5) is 3.84. The summed E-state index contributed by atoms with van der Waals surface area (Å²) in [6, 6.07) is 3.21. The van der Waals surface area contributed by atoms with Gasteiger partial charge in [-0.3, -0.25) is 0 Å².